The normalized spacial score (nSPS) is 20.1. The van der Waals surface area contributed by atoms with Gasteiger partial charge in [-0.25, -0.2) is 0 Å². The predicted molar refractivity (Wildman–Crippen MR) is 63.2 cm³/mol. The molecule has 0 saturated heterocycles. The van der Waals surface area contributed by atoms with E-state index in [1.54, 1.807) is 0 Å². The van der Waals surface area contributed by atoms with Crippen molar-refractivity contribution in [1.82, 2.24) is 0 Å². The molecule has 3 nitrogen and oxygen atoms in total. The molecule has 0 spiro atoms. The summed E-state index contributed by atoms with van der Waals surface area (Å²) in [6.07, 6.45) is 9.12. The van der Waals surface area contributed by atoms with E-state index in [0.717, 1.165) is 30.6 Å². The van der Waals surface area contributed by atoms with Crippen LogP contribution in [0.3, 0.4) is 0 Å². The van der Waals surface area contributed by atoms with Gasteiger partial charge < -0.3 is 9.94 Å². The third-order valence-corrected chi connectivity index (χ3v) is 2.60. The van der Waals surface area contributed by atoms with Crippen molar-refractivity contribution in [3.63, 3.8) is 0 Å². The number of para-hydroxylation sites is 1. The van der Waals surface area contributed by atoms with Crippen LogP contribution >= 0.6 is 0 Å². The van der Waals surface area contributed by atoms with Gasteiger partial charge in [0.2, 0.25) is 0 Å². The van der Waals surface area contributed by atoms with Gasteiger partial charge in [0.25, 0.3) is 0 Å². The van der Waals surface area contributed by atoms with Gasteiger partial charge in [-0.15, -0.1) is 0 Å². The first-order chi connectivity index (χ1) is 7.90. The van der Waals surface area contributed by atoms with Crippen LogP contribution in [0.1, 0.15) is 24.8 Å². The second-order valence-corrected chi connectivity index (χ2v) is 3.80. The third-order valence-electron chi connectivity index (χ3n) is 2.60. The Bertz CT molecular complexity index is 399. The molecule has 16 heavy (non-hydrogen) atoms. The molecule has 0 heterocycles. The number of nitrogens with zero attached hydrogens (tertiary/aromatic N) is 1. The lowest BCUT2D eigenvalue weighted by Crippen LogP contribution is -2.16. The maximum Gasteiger partial charge on any atom is 0.129 e. The Morgan fingerprint density at radius 1 is 1.38 bits per heavy atom. The van der Waals surface area contributed by atoms with E-state index in [1.807, 2.05) is 24.3 Å². The first kappa shape index (κ1) is 10.7. The van der Waals surface area contributed by atoms with Gasteiger partial charge in [0.05, 0.1) is 6.21 Å². The van der Waals surface area contributed by atoms with Crippen LogP contribution in [0.25, 0.3) is 0 Å². The minimum absolute atomic E-state index is 0.141. The van der Waals surface area contributed by atoms with Gasteiger partial charge in [0.15, 0.2) is 0 Å². The van der Waals surface area contributed by atoms with Gasteiger partial charge in [-0.1, -0.05) is 23.4 Å². The molecule has 0 saturated carbocycles. The van der Waals surface area contributed by atoms with E-state index in [0.29, 0.717) is 0 Å². The van der Waals surface area contributed by atoms with Crippen molar-refractivity contribution in [2.75, 3.05) is 0 Å². The minimum atomic E-state index is 0.141. The molecule has 3 heteroatoms. The zero-order chi connectivity index (χ0) is 11.2. The summed E-state index contributed by atoms with van der Waals surface area (Å²) in [5.41, 5.74) is 0.795. The lowest BCUT2D eigenvalue weighted by Gasteiger charge is -2.19. The third kappa shape index (κ3) is 2.63. The Morgan fingerprint density at radius 2 is 2.25 bits per heavy atom. The number of rotatable bonds is 3. The van der Waals surface area contributed by atoms with Crippen molar-refractivity contribution in [3.8, 4) is 5.75 Å². The fourth-order valence-electron chi connectivity index (χ4n) is 1.80. The molecule has 0 aliphatic heterocycles. The smallest absolute Gasteiger partial charge is 0.129 e. The monoisotopic (exact) mass is 217 g/mol. The van der Waals surface area contributed by atoms with Gasteiger partial charge in [-0.05, 0) is 37.5 Å². The van der Waals surface area contributed by atoms with Crippen LogP contribution < -0.4 is 4.74 Å². The molecule has 1 aromatic carbocycles. The largest absolute Gasteiger partial charge is 0.486 e. The number of ether oxygens (including phenoxy) is 1. The van der Waals surface area contributed by atoms with E-state index >= 15 is 0 Å². The number of hydrogen-bond acceptors (Lipinski definition) is 3. The van der Waals surface area contributed by atoms with Crippen LogP contribution in [0.5, 0.6) is 5.75 Å². The highest BCUT2D eigenvalue weighted by atomic mass is 16.5. The second-order valence-electron chi connectivity index (χ2n) is 3.80. The first-order valence-corrected chi connectivity index (χ1v) is 5.50. The van der Waals surface area contributed by atoms with E-state index < -0.39 is 0 Å². The summed E-state index contributed by atoms with van der Waals surface area (Å²) in [4.78, 5) is 0. The van der Waals surface area contributed by atoms with Gasteiger partial charge in [0, 0.05) is 5.56 Å². The molecule has 1 N–H and O–H groups in total. The van der Waals surface area contributed by atoms with E-state index in [4.69, 9.17) is 9.94 Å². The Labute approximate surface area is 95.0 Å². The summed E-state index contributed by atoms with van der Waals surface area (Å²) in [6, 6.07) is 7.55. The van der Waals surface area contributed by atoms with Crippen molar-refractivity contribution in [2.45, 2.75) is 25.4 Å². The maximum absolute atomic E-state index is 8.55. The highest BCUT2D eigenvalue weighted by Crippen LogP contribution is 2.21. The van der Waals surface area contributed by atoms with E-state index in [1.165, 1.54) is 6.21 Å². The van der Waals surface area contributed by atoms with Crippen LogP contribution in [0.15, 0.2) is 41.6 Å². The lowest BCUT2D eigenvalue weighted by molar-refractivity contribution is 0.229. The maximum atomic E-state index is 8.55. The molecule has 1 unspecified atom stereocenters. The van der Waals surface area contributed by atoms with Crippen LogP contribution in [0, 0.1) is 0 Å². The number of benzene rings is 1. The summed E-state index contributed by atoms with van der Waals surface area (Å²) in [7, 11) is 0. The van der Waals surface area contributed by atoms with E-state index in [2.05, 4.69) is 17.3 Å². The van der Waals surface area contributed by atoms with Crippen molar-refractivity contribution in [1.29, 1.82) is 0 Å². The minimum Gasteiger partial charge on any atom is -0.486 e. The molecule has 1 atom stereocenters. The first-order valence-electron chi connectivity index (χ1n) is 5.50. The van der Waals surface area contributed by atoms with Gasteiger partial charge in [0.1, 0.15) is 11.9 Å². The highest BCUT2D eigenvalue weighted by Gasteiger charge is 2.11. The summed E-state index contributed by atoms with van der Waals surface area (Å²) in [5, 5.41) is 11.6. The second kappa shape index (κ2) is 5.35. The molecular weight excluding hydrogens is 202 g/mol. The standard InChI is InChI=1S/C13H15NO2/c15-14-10-11-6-4-5-9-13(11)16-12-7-2-1-3-8-12/h2,4-7,9-10,12,15H,1,3,8H2/b14-10+. The Balaban J connectivity index is 2.13. The molecule has 1 aromatic rings. The fourth-order valence-corrected chi connectivity index (χ4v) is 1.80. The fraction of sp³-hybridized carbons (Fsp3) is 0.308. The van der Waals surface area contributed by atoms with Crippen molar-refractivity contribution >= 4 is 6.21 Å². The Morgan fingerprint density at radius 3 is 3.00 bits per heavy atom. The number of oxime groups is 1. The number of hydrogen-bond donors (Lipinski definition) is 1. The summed E-state index contributed by atoms with van der Waals surface area (Å²) in [5.74, 6) is 0.761. The SMILES string of the molecule is O/N=C/c1ccccc1OC1C=CCCC1. The molecule has 2 rings (SSSR count). The zero-order valence-electron chi connectivity index (χ0n) is 9.04. The van der Waals surface area contributed by atoms with E-state index in [-0.39, 0.29) is 6.10 Å². The summed E-state index contributed by atoms with van der Waals surface area (Å²) in [6.45, 7) is 0. The molecule has 84 valence electrons. The Hall–Kier alpha value is -1.77. The van der Waals surface area contributed by atoms with Gasteiger partial charge in [-0.3, -0.25) is 0 Å². The lowest BCUT2D eigenvalue weighted by atomic mass is 10.1. The van der Waals surface area contributed by atoms with Crippen LogP contribution in [-0.2, 0) is 0 Å². The predicted octanol–water partition coefficient (Wildman–Crippen LogP) is 2.98. The topological polar surface area (TPSA) is 41.8 Å². The van der Waals surface area contributed by atoms with Gasteiger partial charge in [-0.2, -0.15) is 0 Å². The average Bonchev–Trinajstić information content (AvgIpc) is 2.33. The molecule has 0 amide bonds. The molecule has 0 fully saturated rings. The van der Waals surface area contributed by atoms with Crippen molar-refractivity contribution < 1.29 is 9.94 Å². The quantitative estimate of drug-likeness (QED) is 0.366. The van der Waals surface area contributed by atoms with Gasteiger partial charge >= 0.3 is 0 Å². The molecule has 0 aromatic heterocycles. The number of allylic oxidation sites excluding steroid dienone is 1. The van der Waals surface area contributed by atoms with Crippen LogP contribution in [-0.4, -0.2) is 17.5 Å². The van der Waals surface area contributed by atoms with E-state index in [9.17, 15) is 0 Å². The summed E-state index contributed by atoms with van der Waals surface area (Å²) >= 11 is 0. The van der Waals surface area contributed by atoms with Crippen LogP contribution in [0.4, 0.5) is 0 Å². The average molecular weight is 217 g/mol. The molecule has 1 aliphatic rings. The molecule has 0 bridgehead atoms. The summed E-state index contributed by atoms with van der Waals surface area (Å²) < 4.78 is 5.85. The molecule has 0 radical (unpaired) electrons. The van der Waals surface area contributed by atoms with Crippen molar-refractivity contribution in [2.24, 2.45) is 5.16 Å². The molecule has 1 aliphatic carbocycles. The molecular formula is C13H15NO2. The Kier molecular flexibility index (Phi) is 3.59. The zero-order valence-corrected chi connectivity index (χ0v) is 9.04. The van der Waals surface area contributed by atoms with Crippen molar-refractivity contribution in [3.05, 3.63) is 42.0 Å². The van der Waals surface area contributed by atoms with Crippen LogP contribution in [0.2, 0.25) is 0 Å². The highest BCUT2D eigenvalue weighted by molar-refractivity contribution is 5.82.